The van der Waals surface area contributed by atoms with E-state index in [9.17, 15) is 13.6 Å². The van der Waals surface area contributed by atoms with Crippen molar-refractivity contribution >= 4 is 17.3 Å². The molecule has 1 aromatic carbocycles. The van der Waals surface area contributed by atoms with Crippen LogP contribution in [0.15, 0.2) is 23.5 Å². The van der Waals surface area contributed by atoms with Crippen molar-refractivity contribution in [3.05, 3.63) is 35.1 Å². The van der Waals surface area contributed by atoms with Crippen LogP contribution in [0.25, 0.3) is 0 Å². The van der Waals surface area contributed by atoms with Crippen LogP contribution in [0.1, 0.15) is 60.3 Å². The predicted octanol–water partition coefficient (Wildman–Crippen LogP) is 5.36. The fraction of sp³-hybridized carbons (Fsp3) is 0.625. The molecule has 0 spiro atoms. The summed E-state index contributed by atoms with van der Waals surface area (Å²) in [5.41, 5.74) is 1.65. The third kappa shape index (κ3) is 3.99. The topological polar surface area (TPSA) is 50.8 Å². The van der Waals surface area contributed by atoms with E-state index in [1.807, 2.05) is 11.8 Å². The summed E-state index contributed by atoms with van der Waals surface area (Å²) < 4.78 is 39.6. The number of hydrogen-bond donors (Lipinski definition) is 1. The highest BCUT2D eigenvalue weighted by molar-refractivity contribution is 5.93. The van der Waals surface area contributed by atoms with Gasteiger partial charge in [0, 0.05) is 18.7 Å². The van der Waals surface area contributed by atoms with Gasteiger partial charge in [0.1, 0.15) is 23.5 Å². The minimum Gasteiger partial charge on any atom is -0.472 e. The zero-order valence-corrected chi connectivity index (χ0v) is 18.9. The lowest BCUT2D eigenvalue weighted by molar-refractivity contribution is -0.146. The average molecular weight is 435 g/mol. The second kappa shape index (κ2) is 7.99. The molecule has 3 aliphatic rings. The highest BCUT2D eigenvalue weighted by Crippen LogP contribution is 2.43. The maximum atomic E-state index is 13.9. The van der Waals surface area contributed by atoms with Crippen molar-refractivity contribution < 1.29 is 23.0 Å². The molecule has 1 fully saturated rings. The van der Waals surface area contributed by atoms with Crippen LogP contribution in [-0.2, 0) is 14.3 Å². The summed E-state index contributed by atoms with van der Waals surface area (Å²) in [5.74, 6) is -1.11. The van der Waals surface area contributed by atoms with Crippen LogP contribution >= 0.6 is 0 Å². The molecule has 2 heterocycles. The van der Waals surface area contributed by atoms with Crippen LogP contribution < -0.4 is 10.2 Å². The zero-order chi connectivity index (χ0) is 22.5. The Balaban J connectivity index is 1.50. The van der Waals surface area contributed by atoms with Gasteiger partial charge in [-0.2, -0.15) is 0 Å². The molecule has 1 saturated carbocycles. The van der Waals surface area contributed by atoms with E-state index in [0.29, 0.717) is 35.2 Å². The van der Waals surface area contributed by atoms with E-state index in [2.05, 4.69) is 26.1 Å². The van der Waals surface area contributed by atoms with Gasteiger partial charge in [-0.1, -0.05) is 20.8 Å². The second-order valence-corrected chi connectivity index (χ2v) is 9.91. The number of nitrogens with one attached hydrogen (secondary N) is 1. The Labute approximate surface area is 182 Å². The van der Waals surface area contributed by atoms with E-state index in [4.69, 9.17) is 9.47 Å². The lowest BCUT2D eigenvalue weighted by Gasteiger charge is -2.40. The number of nitrogens with zero attached hydrogens (tertiary/aromatic N) is 1. The van der Waals surface area contributed by atoms with Gasteiger partial charge < -0.3 is 19.7 Å². The number of rotatable bonds is 3. The standard InChI is InChI=1S/C24H32F2N2O3/c1-6-28-19-12-17(26)16(25)11-18(19)27-21-20(13(2)30-22(21)28)23(29)31-15-9-7-14(8-10-15)24(3,4)5/h11-12,14-15,21-22,27H,6-10H2,1-5H3. The van der Waals surface area contributed by atoms with Crippen molar-refractivity contribution in [2.75, 3.05) is 16.8 Å². The van der Waals surface area contributed by atoms with Crippen LogP contribution in [0, 0.1) is 23.0 Å². The molecule has 2 aliphatic heterocycles. The number of halogens is 2. The first-order valence-electron chi connectivity index (χ1n) is 11.2. The van der Waals surface area contributed by atoms with Crippen molar-refractivity contribution in [3.63, 3.8) is 0 Å². The molecule has 1 N–H and O–H groups in total. The van der Waals surface area contributed by atoms with Gasteiger partial charge in [0.05, 0.1) is 11.4 Å². The summed E-state index contributed by atoms with van der Waals surface area (Å²) in [4.78, 5) is 15.0. The molecule has 0 saturated heterocycles. The molecule has 1 aliphatic carbocycles. The summed E-state index contributed by atoms with van der Waals surface area (Å²) in [6.45, 7) is 11.0. The summed E-state index contributed by atoms with van der Waals surface area (Å²) in [6.07, 6.45) is 3.19. The number of benzene rings is 1. The highest BCUT2D eigenvalue weighted by Gasteiger charge is 2.47. The number of carbonyl (C=O) groups is 1. The number of ether oxygens (including phenoxy) is 2. The minimum atomic E-state index is -0.930. The average Bonchev–Trinajstić information content (AvgIpc) is 3.02. The summed E-state index contributed by atoms with van der Waals surface area (Å²) in [7, 11) is 0. The number of likely N-dealkylation sites (N-methyl/N-ethyl adjacent to an activating group) is 1. The molecule has 7 heteroatoms. The van der Waals surface area contributed by atoms with Crippen molar-refractivity contribution in [2.24, 2.45) is 11.3 Å². The maximum Gasteiger partial charge on any atom is 0.340 e. The van der Waals surface area contributed by atoms with E-state index in [1.54, 1.807) is 6.92 Å². The molecule has 2 atom stereocenters. The van der Waals surface area contributed by atoms with Gasteiger partial charge in [-0.05, 0) is 50.9 Å². The van der Waals surface area contributed by atoms with Crippen LogP contribution in [0.2, 0.25) is 0 Å². The van der Waals surface area contributed by atoms with Crippen LogP contribution in [-0.4, -0.2) is 30.9 Å². The Hall–Kier alpha value is -2.31. The van der Waals surface area contributed by atoms with Gasteiger partial charge in [0.2, 0.25) is 0 Å². The lowest BCUT2D eigenvalue weighted by atomic mass is 9.72. The van der Waals surface area contributed by atoms with E-state index < -0.39 is 29.9 Å². The number of anilines is 2. The first-order valence-corrected chi connectivity index (χ1v) is 11.2. The third-order valence-corrected chi connectivity index (χ3v) is 6.97. The first-order chi connectivity index (χ1) is 14.6. The molecule has 170 valence electrons. The number of carbonyl (C=O) groups excluding carboxylic acids is 1. The number of fused-ring (bicyclic) bond motifs is 2. The van der Waals surface area contributed by atoms with Crippen molar-refractivity contribution in [2.45, 2.75) is 78.7 Å². The maximum absolute atomic E-state index is 13.9. The fourth-order valence-corrected chi connectivity index (χ4v) is 5.14. The molecule has 0 bridgehead atoms. The van der Waals surface area contributed by atoms with E-state index in [-0.39, 0.29) is 11.5 Å². The van der Waals surface area contributed by atoms with Crippen LogP contribution in [0.5, 0.6) is 0 Å². The first kappa shape index (κ1) is 21.9. The number of allylic oxidation sites excluding steroid dienone is 1. The number of esters is 1. The van der Waals surface area contributed by atoms with Gasteiger partial charge in [0.15, 0.2) is 17.9 Å². The highest BCUT2D eigenvalue weighted by atomic mass is 19.2. The quantitative estimate of drug-likeness (QED) is 0.649. The Morgan fingerprint density at radius 3 is 2.45 bits per heavy atom. The van der Waals surface area contributed by atoms with E-state index in [1.165, 1.54) is 6.07 Å². The molecule has 0 amide bonds. The molecule has 1 aromatic rings. The van der Waals surface area contributed by atoms with Crippen molar-refractivity contribution in [3.8, 4) is 0 Å². The van der Waals surface area contributed by atoms with Gasteiger partial charge in [-0.25, -0.2) is 13.6 Å². The second-order valence-electron chi connectivity index (χ2n) is 9.91. The van der Waals surface area contributed by atoms with Gasteiger partial charge in [0.25, 0.3) is 0 Å². The molecule has 31 heavy (non-hydrogen) atoms. The fourth-order valence-electron chi connectivity index (χ4n) is 5.14. The van der Waals surface area contributed by atoms with Crippen LogP contribution in [0.3, 0.4) is 0 Å². The minimum absolute atomic E-state index is 0.102. The predicted molar refractivity (Wildman–Crippen MR) is 116 cm³/mol. The Bertz CT molecular complexity index is 901. The molecule has 4 rings (SSSR count). The van der Waals surface area contributed by atoms with Crippen molar-refractivity contribution in [1.82, 2.24) is 0 Å². The lowest BCUT2D eigenvalue weighted by Crippen LogP contribution is -2.51. The largest absolute Gasteiger partial charge is 0.472 e. The SMILES string of the molecule is CCN1c2cc(F)c(F)cc2NC2C(C(=O)OC3CCC(C(C)(C)C)CC3)=C(C)OC21. The molecule has 0 radical (unpaired) electrons. The summed E-state index contributed by atoms with van der Waals surface area (Å²) in [5, 5.41) is 3.18. The normalized spacial score (nSPS) is 27.9. The number of hydrogen-bond acceptors (Lipinski definition) is 5. The monoisotopic (exact) mass is 434 g/mol. The third-order valence-electron chi connectivity index (χ3n) is 6.97. The van der Waals surface area contributed by atoms with Crippen molar-refractivity contribution in [1.29, 1.82) is 0 Å². The van der Waals surface area contributed by atoms with Gasteiger partial charge in [-0.15, -0.1) is 0 Å². The summed E-state index contributed by atoms with van der Waals surface area (Å²) in [6, 6.07) is 1.80. The molecule has 5 nitrogen and oxygen atoms in total. The van der Waals surface area contributed by atoms with Crippen LogP contribution in [0.4, 0.5) is 20.2 Å². The van der Waals surface area contributed by atoms with Gasteiger partial charge in [-0.3, -0.25) is 0 Å². The summed E-state index contributed by atoms with van der Waals surface area (Å²) >= 11 is 0. The molecule has 0 aromatic heterocycles. The smallest absolute Gasteiger partial charge is 0.340 e. The van der Waals surface area contributed by atoms with E-state index in [0.717, 1.165) is 31.7 Å². The molecular weight excluding hydrogens is 402 g/mol. The molecule has 2 unspecified atom stereocenters. The zero-order valence-electron chi connectivity index (χ0n) is 18.9. The Morgan fingerprint density at radius 1 is 1.19 bits per heavy atom. The molecular formula is C24H32F2N2O3. The van der Waals surface area contributed by atoms with Gasteiger partial charge >= 0.3 is 5.97 Å². The Morgan fingerprint density at radius 2 is 1.84 bits per heavy atom. The Kier molecular flexibility index (Phi) is 5.64. The van der Waals surface area contributed by atoms with E-state index >= 15 is 0 Å².